The van der Waals surface area contributed by atoms with E-state index in [1.54, 1.807) is 0 Å². The van der Waals surface area contributed by atoms with Gasteiger partial charge in [-0.15, -0.1) is 0 Å². The summed E-state index contributed by atoms with van der Waals surface area (Å²) in [6.07, 6.45) is 1.20. The summed E-state index contributed by atoms with van der Waals surface area (Å²) in [5.41, 5.74) is -0.595. The molecule has 1 aromatic rings. The summed E-state index contributed by atoms with van der Waals surface area (Å²) in [6, 6.07) is 3.30. The van der Waals surface area contributed by atoms with Gasteiger partial charge in [0.15, 0.2) is 0 Å². The van der Waals surface area contributed by atoms with Crippen molar-refractivity contribution >= 4 is 5.91 Å². The summed E-state index contributed by atoms with van der Waals surface area (Å²) in [7, 11) is 1.22. The van der Waals surface area contributed by atoms with Gasteiger partial charge in [-0.2, -0.15) is 8.78 Å². The second kappa shape index (κ2) is 5.18. The molecule has 1 amide bonds. The largest absolute Gasteiger partial charge is 0.394 e. The van der Waals surface area contributed by atoms with E-state index in [0.29, 0.717) is 0 Å². The highest BCUT2D eigenvalue weighted by Crippen LogP contribution is 2.28. The Bertz CT molecular complexity index is 384. The van der Waals surface area contributed by atoms with Gasteiger partial charge in [0.1, 0.15) is 5.69 Å². The van der Waals surface area contributed by atoms with Gasteiger partial charge in [0.05, 0.1) is 12.6 Å². The Labute approximate surface area is 97.9 Å². The van der Waals surface area contributed by atoms with Crippen LogP contribution < -0.4 is 0 Å². The quantitative estimate of drug-likeness (QED) is 0.860. The molecule has 1 rings (SSSR count). The average molecular weight is 244 g/mol. The number of rotatable bonds is 4. The number of carbonyl (C=O) groups excluding carboxylic acids is 1. The van der Waals surface area contributed by atoms with Crippen molar-refractivity contribution in [2.24, 2.45) is 0 Å². The van der Waals surface area contributed by atoms with Gasteiger partial charge in [0.25, 0.3) is 5.91 Å². The molecular weight excluding hydrogens is 230 g/mol. The monoisotopic (exact) mass is 244 g/mol. The minimum atomic E-state index is -3.68. The lowest BCUT2D eigenvalue weighted by Gasteiger charge is -2.27. The summed E-state index contributed by atoms with van der Waals surface area (Å²) in [4.78, 5) is 15.9. The van der Waals surface area contributed by atoms with Crippen molar-refractivity contribution in [2.75, 3.05) is 13.7 Å². The van der Waals surface area contributed by atoms with Crippen LogP contribution in [0, 0.1) is 0 Å². The van der Waals surface area contributed by atoms with Gasteiger partial charge in [-0.1, -0.05) is 6.07 Å². The first-order valence-corrected chi connectivity index (χ1v) is 5.08. The second-order valence-electron chi connectivity index (χ2n) is 3.74. The van der Waals surface area contributed by atoms with Crippen LogP contribution in [0.4, 0.5) is 8.78 Å². The van der Waals surface area contributed by atoms with Crippen LogP contribution in [-0.4, -0.2) is 40.6 Å². The van der Waals surface area contributed by atoms with Gasteiger partial charge in [0, 0.05) is 13.2 Å². The molecule has 6 heteroatoms. The highest BCUT2D eigenvalue weighted by atomic mass is 19.3. The second-order valence-corrected chi connectivity index (χ2v) is 3.74. The summed E-state index contributed by atoms with van der Waals surface area (Å²) in [5.74, 6) is -5.06. The molecule has 1 N–H and O–H groups in total. The van der Waals surface area contributed by atoms with Crippen molar-refractivity contribution in [3.63, 3.8) is 0 Å². The molecule has 1 atom stereocenters. The Morgan fingerprint density at radius 1 is 1.59 bits per heavy atom. The van der Waals surface area contributed by atoms with Gasteiger partial charge < -0.3 is 10.0 Å². The smallest absolute Gasteiger partial charge is 0.366 e. The summed E-state index contributed by atoms with van der Waals surface area (Å²) in [5, 5.41) is 8.84. The van der Waals surface area contributed by atoms with E-state index in [1.807, 2.05) is 0 Å². The first-order chi connectivity index (χ1) is 7.91. The molecule has 4 nitrogen and oxygen atoms in total. The molecule has 1 aromatic heterocycles. The Kier molecular flexibility index (Phi) is 4.11. The Balaban J connectivity index is 2.95. The highest BCUT2D eigenvalue weighted by Gasteiger charge is 2.45. The Hall–Kier alpha value is -1.56. The minimum Gasteiger partial charge on any atom is -0.394 e. The lowest BCUT2D eigenvalue weighted by Crippen LogP contribution is -2.45. The van der Waals surface area contributed by atoms with Crippen molar-refractivity contribution in [1.29, 1.82) is 0 Å². The average Bonchev–Trinajstić information content (AvgIpc) is 2.37. The molecule has 0 aliphatic carbocycles. The number of pyridine rings is 1. The van der Waals surface area contributed by atoms with E-state index in [0.717, 1.165) is 11.0 Å². The molecule has 0 saturated carbocycles. The number of nitrogens with zero attached hydrogens (tertiary/aromatic N) is 2. The van der Waals surface area contributed by atoms with Crippen LogP contribution in [0.15, 0.2) is 24.4 Å². The third kappa shape index (κ3) is 2.76. The van der Waals surface area contributed by atoms with Gasteiger partial charge in [-0.3, -0.25) is 9.78 Å². The summed E-state index contributed by atoms with van der Waals surface area (Å²) in [6.45, 7) is 1.10. The summed E-state index contributed by atoms with van der Waals surface area (Å²) >= 11 is 0. The topological polar surface area (TPSA) is 53.4 Å². The van der Waals surface area contributed by atoms with Crippen LogP contribution in [0.5, 0.6) is 0 Å². The molecule has 0 aliphatic heterocycles. The number of likely N-dealkylation sites (N-methyl/N-ethyl adjacent to an activating group) is 1. The first kappa shape index (κ1) is 13.5. The first-order valence-electron chi connectivity index (χ1n) is 5.08. The Morgan fingerprint density at radius 3 is 2.71 bits per heavy atom. The van der Waals surface area contributed by atoms with Crippen molar-refractivity contribution in [1.82, 2.24) is 9.88 Å². The number of halogens is 2. The van der Waals surface area contributed by atoms with E-state index in [4.69, 9.17) is 5.11 Å². The van der Waals surface area contributed by atoms with Crippen molar-refractivity contribution < 1.29 is 18.7 Å². The van der Waals surface area contributed by atoms with Crippen molar-refractivity contribution in [3.8, 4) is 0 Å². The number of aliphatic hydroxyl groups excluding tert-OH is 1. The number of carbonyl (C=O) groups is 1. The number of amides is 1. The lowest BCUT2D eigenvalue weighted by molar-refractivity contribution is -0.160. The zero-order valence-electron chi connectivity index (χ0n) is 9.60. The number of aliphatic hydroxyl groups is 1. The van der Waals surface area contributed by atoms with Gasteiger partial charge in [0.2, 0.25) is 0 Å². The minimum absolute atomic E-state index is 0.374. The number of alkyl halides is 2. The normalized spacial score (nSPS) is 13.2. The zero-order chi connectivity index (χ0) is 13.1. The van der Waals surface area contributed by atoms with E-state index in [-0.39, 0.29) is 6.61 Å². The summed E-state index contributed by atoms with van der Waals surface area (Å²) < 4.78 is 27.5. The third-order valence-electron chi connectivity index (χ3n) is 2.50. The predicted octanol–water partition coefficient (Wildman–Crippen LogP) is 1.01. The maximum absolute atomic E-state index is 13.8. The van der Waals surface area contributed by atoms with Crippen molar-refractivity contribution in [2.45, 2.75) is 18.9 Å². The van der Waals surface area contributed by atoms with E-state index in [9.17, 15) is 13.6 Å². The maximum Gasteiger partial charge on any atom is 0.366 e. The molecule has 0 spiro atoms. The molecule has 0 aromatic carbocycles. The van der Waals surface area contributed by atoms with Gasteiger partial charge in [-0.05, 0) is 19.1 Å². The molecule has 94 valence electrons. The number of aromatic nitrogens is 1. The maximum atomic E-state index is 13.8. The van der Waals surface area contributed by atoms with E-state index >= 15 is 0 Å². The molecule has 0 fully saturated rings. The molecule has 0 radical (unpaired) electrons. The fourth-order valence-electron chi connectivity index (χ4n) is 1.20. The molecule has 0 bridgehead atoms. The third-order valence-corrected chi connectivity index (χ3v) is 2.50. The number of hydrogen-bond donors (Lipinski definition) is 1. The molecular formula is C11H14F2N2O2. The van der Waals surface area contributed by atoms with E-state index in [1.165, 1.54) is 32.3 Å². The van der Waals surface area contributed by atoms with Gasteiger partial charge >= 0.3 is 5.92 Å². The van der Waals surface area contributed by atoms with Crippen molar-refractivity contribution in [3.05, 3.63) is 30.1 Å². The van der Waals surface area contributed by atoms with Gasteiger partial charge in [-0.25, -0.2) is 0 Å². The van der Waals surface area contributed by atoms with Crippen LogP contribution in [0.3, 0.4) is 0 Å². The molecule has 17 heavy (non-hydrogen) atoms. The highest BCUT2D eigenvalue weighted by molar-refractivity contribution is 5.84. The Morgan fingerprint density at radius 2 is 2.24 bits per heavy atom. The molecule has 0 aliphatic rings. The van der Waals surface area contributed by atoms with Crippen LogP contribution in [0.1, 0.15) is 12.6 Å². The predicted molar refractivity (Wildman–Crippen MR) is 57.4 cm³/mol. The van der Waals surface area contributed by atoms with Crippen LogP contribution in [-0.2, 0) is 10.7 Å². The number of hydrogen-bond acceptors (Lipinski definition) is 3. The van der Waals surface area contributed by atoms with Crippen LogP contribution in [0.2, 0.25) is 0 Å². The van der Waals surface area contributed by atoms with Crippen LogP contribution in [0.25, 0.3) is 0 Å². The fourth-order valence-corrected chi connectivity index (χ4v) is 1.20. The van der Waals surface area contributed by atoms with Crippen LogP contribution >= 0.6 is 0 Å². The molecule has 1 heterocycles. The lowest BCUT2D eigenvalue weighted by atomic mass is 10.1. The van der Waals surface area contributed by atoms with E-state index < -0.39 is 23.6 Å². The van der Waals surface area contributed by atoms with E-state index in [2.05, 4.69) is 4.98 Å². The molecule has 0 saturated heterocycles. The standard InChI is InChI=1S/C11H14F2N2O2/c1-8(7-16)15(2)10(17)11(12,13)9-5-3-4-6-14-9/h3-6,8,16H,7H2,1-2H3. The SMILES string of the molecule is CC(CO)N(C)C(=O)C(F)(F)c1ccccn1. The zero-order valence-corrected chi connectivity index (χ0v) is 9.60. The fraction of sp³-hybridized carbons (Fsp3) is 0.455. The molecule has 1 unspecified atom stereocenters.